The molecule has 3 rings (SSSR count). The van der Waals surface area contributed by atoms with Crippen molar-refractivity contribution in [1.82, 2.24) is 4.98 Å². The molecule has 1 aromatic carbocycles. The highest BCUT2D eigenvalue weighted by Gasteiger charge is 2.35. The highest BCUT2D eigenvalue weighted by atomic mass is 32.1. The summed E-state index contributed by atoms with van der Waals surface area (Å²) in [6.07, 6.45) is 3.61. The minimum atomic E-state index is -0.731. The van der Waals surface area contributed by atoms with E-state index >= 15 is 0 Å². The number of hydrogen-bond acceptors (Lipinski definition) is 3. The maximum absolute atomic E-state index is 11.0. The fraction of sp³-hybridized carbons (Fsp3) is 0.438. The van der Waals surface area contributed by atoms with Crippen molar-refractivity contribution in [3.63, 3.8) is 0 Å². The van der Waals surface area contributed by atoms with E-state index in [9.17, 15) is 5.11 Å². The maximum atomic E-state index is 11.0. The van der Waals surface area contributed by atoms with Crippen LogP contribution in [-0.4, -0.2) is 10.1 Å². The van der Waals surface area contributed by atoms with Gasteiger partial charge in [0.1, 0.15) is 0 Å². The average Bonchev–Trinajstić information content (AvgIpc) is 2.68. The summed E-state index contributed by atoms with van der Waals surface area (Å²) >= 11 is 1.71. The molecule has 0 amide bonds. The largest absolute Gasteiger partial charge is 0.385 e. The molecule has 1 aliphatic carbocycles. The van der Waals surface area contributed by atoms with E-state index in [1.807, 2.05) is 13.0 Å². The van der Waals surface area contributed by atoms with Crippen LogP contribution in [-0.2, 0) is 18.4 Å². The summed E-state index contributed by atoms with van der Waals surface area (Å²) in [4.78, 5) is 5.83. The number of aliphatic hydroxyl groups is 1. The van der Waals surface area contributed by atoms with Crippen LogP contribution in [0.25, 0.3) is 0 Å². The highest BCUT2D eigenvalue weighted by molar-refractivity contribution is 7.11. The van der Waals surface area contributed by atoms with Gasteiger partial charge in [-0.3, -0.25) is 0 Å². The lowest BCUT2D eigenvalue weighted by atomic mass is 9.77. The lowest BCUT2D eigenvalue weighted by Gasteiger charge is -2.34. The van der Waals surface area contributed by atoms with Crippen LogP contribution in [0.5, 0.6) is 0 Å². The molecule has 19 heavy (non-hydrogen) atoms. The first-order chi connectivity index (χ1) is 9.08. The standard InChI is InChI=1S/C16H19NOS/c1-11-12(2)19-15(17-11)10-16(18)9-5-7-13-6-3-4-8-14(13)16/h3-4,6,8,18H,5,7,9-10H2,1-2H3. The predicted molar refractivity (Wildman–Crippen MR) is 78.6 cm³/mol. The molecule has 0 fully saturated rings. The van der Waals surface area contributed by atoms with Crippen LogP contribution >= 0.6 is 11.3 Å². The third-order valence-electron chi connectivity index (χ3n) is 4.07. The third kappa shape index (κ3) is 2.33. The first kappa shape index (κ1) is 12.8. The van der Waals surface area contributed by atoms with Gasteiger partial charge in [-0.25, -0.2) is 4.98 Å². The maximum Gasteiger partial charge on any atom is 0.0963 e. The van der Waals surface area contributed by atoms with E-state index in [2.05, 4.69) is 30.1 Å². The summed E-state index contributed by atoms with van der Waals surface area (Å²) < 4.78 is 0. The Morgan fingerprint density at radius 2 is 2.11 bits per heavy atom. The summed E-state index contributed by atoms with van der Waals surface area (Å²) in [5, 5.41) is 12.1. The van der Waals surface area contributed by atoms with Crippen molar-refractivity contribution in [2.24, 2.45) is 0 Å². The normalized spacial score (nSPS) is 22.3. The zero-order chi connectivity index (χ0) is 13.5. The fourth-order valence-corrected chi connectivity index (χ4v) is 3.99. The topological polar surface area (TPSA) is 33.1 Å². The van der Waals surface area contributed by atoms with Crippen molar-refractivity contribution in [2.75, 3.05) is 0 Å². The molecule has 100 valence electrons. The first-order valence-electron chi connectivity index (χ1n) is 6.82. The van der Waals surface area contributed by atoms with E-state index in [4.69, 9.17) is 0 Å². The van der Waals surface area contributed by atoms with Gasteiger partial charge in [-0.05, 0) is 44.2 Å². The molecule has 0 saturated carbocycles. The van der Waals surface area contributed by atoms with Crippen molar-refractivity contribution < 1.29 is 5.11 Å². The Labute approximate surface area is 118 Å². The molecule has 1 atom stereocenters. The lowest BCUT2D eigenvalue weighted by molar-refractivity contribution is 0.0190. The van der Waals surface area contributed by atoms with E-state index in [0.29, 0.717) is 6.42 Å². The van der Waals surface area contributed by atoms with Crippen molar-refractivity contribution in [3.05, 3.63) is 51.0 Å². The molecule has 0 bridgehead atoms. The molecule has 2 nitrogen and oxygen atoms in total. The van der Waals surface area contributed by atoms with Crippen LogP contribution < -0.4 is 0 Å². The molecular weight excluding hydrogens is 254 g/mol. The summed E-state index contributed by atoms with van der Waals surface area (Å²) in [6.45, 7) is 4.13. The van der Waals surface area contributed by atoms with E-state index in [1.54, 1.807) is 11.3 Å². The SMILES string of the molecule is Cc1nc(CC2(O)CCCc3ccccc32)sc1C. The van der Waals surface area contributed by atoms with Crippen LogP contribution in [0.1, 0.15) is 39.5 Å². The van der Waals surface area contributed by atoms with Gasteiger partial charge < -0.3 is 5.11 Å². The molecule has 0 saturated heterocycles. The van der Waals surface area contributed by atoms with Crippen molar-refractivity contribution in [2.45, 2.75) is 45.1 Å². The molecule has 2 aromatic rings. The van der Waals surface area contributed by atoms with Crippen molar-refractivity contribution in [1.29, 1.82) is 0 Å². The van der Waals surface area contributed by atoms with Crippen LogP contribution in [0.3, 0.4) is 0 Å². The van der Waals surface area contributed by atoms with Gasteiger partial charge in [0.25, 0.3) is 0 Å². The molecule has 1 aliphatic rings. The van der Waals surface area contributed by atoms with Gasteiger partial charge in [-0.2, -0.15) is 0 Å². The van der Waals surface area contributed by atoms with Gasteiger partial charge in [0.15, 0.2) is 0 Å². The summed E-state index contributed by atoms with van der Waals surface area (Å²) in [5.74, 6) is 0. The number of hydrogen-bond donors (Lipinski definition) is 1. The van der Waals surface area contributed by atoms with Crippen molar-refractivity contribution >= 4 is 11.3 Å². The van der Waals surface area contributed by atoms with Gasteiger partial charge in [0.05, 0.1) is 16.3 Å². The molecular formula is C16H19NOS. The van der Waals surface area contributed by atoms with Crippen molar-refractivity contribution in [3.8, 4) is 0 Å². The first-order valence-corrected chi connectivity index (χ1v) is 7.64. The van der Waals surface area contributed by atoms with E-state index < -0.39 is 5.60 Å². The van der Waals surface area contributed by atoms with Gasteiger partial charge in [0.2, 0.25) is 0 Å². The zero-order valence-electron chi connectivity index (χ0n) is 11.4. The number of fused-ring (bicyclic) bond motifs is 1. The van der Waals surface area contributed by atoms with Crippen LogP contribution in [0.4, 0.5) is 0 Å². The smallest absolute Gasteiger partial charge is 0.0963 e. The number of aromatic nitrogens is 1. The van der Waals surface area contributed by atoms with Crippen LogP contribution in [0, 0.1) is 13.8 Å². The highest BCUT2D eigenvalue weighted by Crippen LogP contribution is 2.38. The fourth-order valence-electron chi connectivity index (χ4n) is 2.95. The van der Waals surface area contributed by atoms with Gasteiger partial charge in [-0.1, -0.05) is 24.3 Å². The number of nitrogens with zero attached hydrogens (tertiary/aromatic N) is 1. The molecule has 0 radical (unpaired) electrons. The molecule has 1 unspecified atom stereocenters. The Balaban J connectivity index is 1.96. The average molecular weight is 273 g/mol. The Kier molecular flexibility index (Phi) is 3.19. The number of rotatable bonds is 2. The summed E-state index contributed by atoms with van der Waals surface area (Å²) in [7, 11) is 0. The molecule has 1 aromatic heterocycles. The molecule has 0 aliphatic heterocycles. The summed E-state index contributed by atoms with van der Waals surface area (Å²) in [6, 6.07) is 8.29. The zero-order valence-corrected chi connectivity index (χ0v) is 12.3. The second kappa shape index (κ2) is 4.73. The predicted octanol–water partition coefficient (Wildman–Crippen LogP) is 3.53. The monoisotopic (exact) mass is 273 g/mol. The molecule has 3 heteroatoms. The number of benzene rings is 1. The Bertz CT molecular complexity index is 585. The van der Waals surface area contributed by atoms with Crippen LogP contribution in [0.2, 0.25) is 0 Å². The number of thiazole rings is 1. The van der Waals surface area contributed by atoms with Crippen LogP contribution in [0.15, 0.2) is 24.3 Å². The third-order valence-corrected chi connectivity index (χ3v) is 5.14. The minimum Gasteiger partial charge on any atom is -0.385 e. The van der Waals surface area contributed by atoms with E-state index in [-0.39, 0.29) is 0 Å². The van der Waals surface area contributed by atoms with Gasteiger partial charge in [0, 0.05) is 11.3 Å². The minimum absolute atomic E-state index is 0.642. The Morgan fingerprint density at radius 3 is 2.84 bits per heavy atom. The second-order valence-corrected chi connectivity index (χ2v) is 6.76. The quantitative estimate of drug-likeness (QED) is 0.908. The second-order valence-electron chi connectivity index (χ2n) is 5.47. The number of aryl methyl sites for hydroxylation is 3. The van der Waals surface area contributed by atoms with E-state index in [0.717, 1.165) is 35.5 Å². The molecule has 1 N–H and O–H groups in total. The molecule has 1 heterocycles. The van der Waals surface area contributed by atoms with E-state index in [1.165, 1.54) is 10.4 Å². The Hall–Kier alpha value is -1.19. The summed E-state index contributed by atoms with van der Waals surface area (Å²) in [5.41, 5.74) is 2.76. The lowest BCUT2D eigenvalue weighted by Crippen LogP contribution is -2.32. The van der Waals surface area contributed by atoms with Gasteiger partial charge >= 0.3 is 0 Å². The van der Waals surface area contributed by atoms with Gasteiger partial charge in [-0.15, -0.1) is 11.3 Å². The molecule has 0 spiro atoms. The Morgan fingerprint density at radius 1 is 1.32 bits per heavy atom.